The maximum absolute atomic E-state index is 12.1. The summed E-state index contributed by atoms with van der Waals surface area (Å²) in [7, 11) is 0. The molecule has 0 spiro atoms. The van der Waals surface area contributed by atoms with Gasteiger partial charge in [0.05, 0.1) is 11.8 Å². The summed E-state index contributed by atoms with van der Waals surface area (Å²) in [4.78, 5) is 12.1. The molecule has 1 aromatic heterocycles. The zero-order chi connectivity index (χ0) is 16.1. The number of nitrogens with zero attached hydrogens (tertiary/aromatic N) is 4. The molecule has 1 aliphatic rings. The van der Waals surface area contributed by atoms with E-state index in [4.69, 9.17) is 0 Å². The van der Waals surface area contributed by atoms with E-state index in [0.717, 1.165) is 30.1 Å². The number of benzene rings is 1. The summed E-state index contributed by atoms with van der Waals surface area (Å²) in [6, 6.07) is 8.49. The Morgan fingerprint density at radius 2 is 2.13 bits per heavy atom. The van der Waals surface area contributed by atoms with E-state index in [9.17, 15) is 4.79 Å². The van der Waals surface area contributed by atoms with Crippen molar-refractivity contribution in [2.45, 2.75) is 50.2 Å². The Labute approximate surface area is 140 Å². The average Bonchev–Trinajstić information content (AvgIpc) is 3.30. The summed E-state index contributed by atoms with van der Waals surface area (Å²) in [5.41, 5.74) is 2.14. The van der Waals surface area contributed by atoms with E-state index in [2.05, 4.69) is 39.9 Å². The number of rotatable bonds is 8. The van der Waals surface area contributed by atoms with E-state index in [-0.39, 0.29) is 5.91 Å². The number of tetrazole rings is 1. The molecule has 1 N–H and O–H groups in total. The largest absolute Gasteiger partial charge is 0.325 e. The third-order valence-electron chi connectivity index (χ3n) is 3.74. The van der Waals surface area contributed by atoms with E-state index >= 15 is 0 Å². The van der Waals surface area contributed by atoms with Crippen LogP contribution in [0.4, 0.5) is 5.69 Å². The molecule has 2 aromatic rings. The molecule has 6 nitrogen and oxygen atoms in total. The van der Waals surface area contributed by atoms with Gasteiger partial charge in [-0.2, -0.15) is 0 Å². The number of carbonyl (C=O) groups excluding carboxylic acids is 1. The average molecular weight is 331 g/mol. The van der Waals surface area contributed by atoms with E-state index < -0.39 is 0 Å². The third-order valence-corrected chi connectivity index (χ3v) is 4.68. The molecule has 23 heavy (non-hydrogen) atoms. The SMILES string of the molecule is CCCCc1ccc(NC(=O)CSc2nnnn2C2CC2)cc1. The van der Waals surface area contributed by atoms with Gasteiger partial charge >= 0.3 is 0 Å². The van der Waals surface area contributed by atoms with Gasteiger partial charge in [0.25, 0.3) is 0 Å². The van der Waals surface area contributed by atoms with Crippen LogP contribution in [0.3, 0.4) is 0 Å². The van der Waals surface area contributed by atoms with Crippen LogP contribution >= 0.6 is 11.8 Å². The number of unbranched alkanes of at least 4 members (excludes halogenated alkanes) is 1. The summed E-state index contributed by atoms with van der Waals surface area (Å²) < 4.78 is 1.82. The van der Waals surface area contributed by atoms with Crippen LogP contribution in [0.1, 0.15) is 44.2 Å². The first-order valence-electron chi connectivity index (χ1n) is 8.05. The van der Waals surface area contributed by atoms with Gasteiger partial charge < -0.3 is 5.32 Å². The maximum atomic E-state index is 12.1. The second kappa shape index (κ2) is 7.59. The zero-order valence-corrected chi connectivity index (χ0v) is 14.1. The predicted molar refractivity (Wildman–Crippen MR) is 90.5 cm³/mol. The lowest BCUT2D eigenvalue weighted by Gasteiger charge is -2.06. The van der Waals surface area contributed by atoms with E-state index in [0.29, 0.717) is 11.8 Å². The maximum Gasteiger partial charge on any atom is 0.234 e. The number of anilines is 1. The van der Waals surface area contributed by atoms with Crippen LogP contribution in [-0.2, 0) is 11.2 Å². The van der Waals surface area contributed by atoms with Crippen LogP contribution in [0.5, 0.6) is 0 Å². The molecule has 0 atom stereocenters. The molecule has 0 saturated heterocycles. The number of aromatic nitrogens is 4. The minimum atomic E-state index is -0.0401. The van der Waals surface area contributed by atoms with Crippen molar-refractivity contribution < 1.29 is 4.79 Å². The van der Waals surface area contributed by atoms with Gasteiger partial charge in [0, 0.05) is 5.69 Å². The van der Waals surface area contributed by atoms with Crippen LogP contribution in [0.15, 0.2) is 29.4 Å². The molecule has 0 aliphatic heterocycles. The van der Waals surface area contributed by atoms with Crippen LogP contribution in [0.25, 0.3) is 0 Å². The van der Waals surface area contributed by atoms with Crippen molar-refractivity contribution in [3.05, 3.63) is 29.8 Å². The topological polar surface area (TPSA) is 72.7 Å². The fourth-order valence-corrected chi connectivity index (χ4v) is 3.04. The molecular formula is C16H21N5OS. The molecule has 1 aromatic carbocycles. The Morgan fingerprint density at radius 3 is 2.83 bits per heavy atom. The van der Waals surface area contributed by atoms with E-state index in [1.54, 1.807) is 0 Å². The van der Waals surface area contributed by atoms with Gasteiger partial charge in [-0.15, -0.1) is 5.10 Å². The van der Waals surface area contributed by atoms with Crippen molar-refractivity contribution in [1.82, 2.24) is 20.2 Å². The van der Waals surface area contributed by atoms with Gasteiger partial charge in [0.1, 0.15) is 0 Å². The standard InChI is InChI=1S/C16H21N5OS/c1-2-3-4-12-5-7-13(8-6-12)17-15(22)11-23-16-18-19-20-21(16)14-9-10-14/h5-8,14H,2-4,9-11H2,1H3,(H,17,22). The summed E-state index contributed by atoms with van der Waals surface area (Å²) >= 11 is 1.38. The molecule has 0 radical (unpaired) electrons. The fraction of sp³-hybridized carbons (Fsp3) is 0.500. The molecular weight excluding hydrogens is 310 g/mol. The molecule has 122 valence electrons. The van der Waals surface area contributed by atoms with Crippen LogP contribution in [0, 0.1) is 0 Å². The predicted octanol–water partition coefficient (Wildman–Crippen LogP) is 3.08. The minimum Gasteiger partial charge on any atom is -0.325 e. The van der Waals surface area contributed by atoms with Crippen LogP contribution < -0.4 is 5.32 Å². The highest BCUT2D eigenvalue weighted by Gasteiger charge is 2.28. The van der Waals surface area contributed by atoms with Crippen LogP contribution in [0.2, 0.25) is 0 Å². The first-order chi connectivity index (χ1) is 11.3. The first kappa shape index (κ1) is 16.0. The summed E-state index contributed by atoms with van der Waals surface area (Å²) in [6.45, 7) is 2.19. The monoisotopic (exact) mass is 331 g/mol. The van der Waals surface area contributed by atoms with Crippen molar-refractivity contribution in [2.24, 2.45) is 0 Å². The number of nitrogens with one attached hydrogen (secondary N) is 1. The van der Waals surface area contributed by atoms with Crippen molar-refractivity contribution in [1.29, 1.82) is 0 Å². The highest BCUT2D eigenvalue weighted by Crippen LogP contribution is 2.36. The van der Waals surface area contributed by atoms with Gasteiger partial charge in [-0.25, -0.2) is 4.68 Å². The van der Waals surface area contributed by atoms with E-state index in [1.165, 1.54) is 30.2 Å². The third kappa shape index (κ3) is 4.54. The normalized spacial score (nSPS) is 14.0. The van der Waals surface area contributed by atoms with Gasteiger partial charge in [-0.05, 0) is 53.8 Å². The molecule has 1 saturated carbocycles. The second-order valence-corrected chi connectivity index (χ2v) is 6.72. The number of thioether (sulfide) groups is 1. The van der Waals surface area contributed by atoms with Crippen LogP contribution in [-0.4, -0.2) is 31.9 Å². The lowest BCUT2D eigenvalue weighted by Crippen LogP contribution is -2.14. The van der Waals surface area contributed by atoms with Gasteiger partial charge in [-0.3, -0.25) is 4.79 Å². The highest BCUT2D eigenvalue weighted by molar-refractivity contribution is 7.99. The fourth-order valence-electron chi connectivity index (χ4n) is 2.29. The molecule has 1 amide bonds. The lowest BCUT2D eigenvalue weighted by atomic mass is 10.1. The Hall–Kier alpha value is -1.89. The molecule has 1 aliphatic carbocycles. The Balaban J connectivity index is 1.48. The number of hydrogen-bond acceptors (Lipinski definition) is 5. The zero-order valence-electron chi connectivity index (χ0n) is 13.2. The summed E-state index contributed by atoms with van der Waals surface area (Å²) in [5.74, 6) is 0.270. The quantitative estimate of drug-likeness (QED) is 0.753. The molecule has 0 bridgehead atoms. The molecule has 3 rings (SSSR count). The second-order valence-electron chi connectivity index (χ2n) is 5.77. The first-order valence-corrected chi connectivity index (χ1v) is 9.04. The molecule has 7 heteroatoms. The minimum absolute atomic E-state index is 0.0401. The summed E-state index contributed by atoms with van der Waals surface area (Å²) in [5, 5.41) is 15.3. The molecule has 1 heterocycles. The summed E-state index contributed by atoms with van der Waals surface area (Å²) in [6.07, 6.45) is 5.71. The van der Waals surface area contributed by atoms with Crippen molar-refractivity contribution in [2.75, 3.05) is 11.1 Å². The molecule has 1 fully saturated rings. The highest BCUT2D eigenvalue weighted by atomic mass is 32.2. The van der Waals surface area contributed by atoms with Crippen molar-refractivity contribution in [3.63, 3.8) is 0 Å². The van der Waals surface area contributed by atoms with E-state index in [1.807, 2.05) is 16.8 Å². The Kier molecular flexibility index (Phi) is 5.27. The number of aryl methyl sites for hydroxylation is 1. The molecule has 0 unspecified atom stereocenters. The lowest BCUT2D eigenvalue weighted by molar-refractivity contribution is -0.113. The van der Waals surface area contributed by atoms with Crippen molar-refractivity contribution in [3.8, 4) is 0 Å². The number of hydrogen-bond donors (Lipinski definition) is 1. The van der Waals surface area contributed by atoms with Gasteiger partial charge in [0.15, 0.2) is 0 Å². The van der Waals surface area contributed by atoms with Crippen molar-refractivity contribution >= 4 is 23.4 Å². The number of amides is 1. The van der Waals surface area contributed by atoms with Gasteiger partial charge in [-0.1, -0.05) is 37.2 Å². The number of carbonyl (C=O) groups is 1. The van der Waals surface area contributed by atoms with Gasteiger partial charge in [0.2, 0.25) is 11.1 Å². The Bertz CT molecular complexity index is 651. The Morgan fingerprint density at radius 1 is 1.35 bits per heavy atom. The smallest absolute Gasteiger partial charge is 0.234 e.